The highest BCUT2D eigenvalue weighted by Gasteiger charge is 2.58. The predicted molar refractivity (Wildman–Crippen MR) is 141 cm³/mol. The minimum Gasteiger partial charge on any atom is -0.480 e. The molecule has 4 N–H and O–H groups in total. The van der Waals surface area contributed by atoms with Gasteiger partial charge in [-0.05, 0) is 24.6 Å². The summed E-state index contributed by atoms with van der Waals surface area (Å²) in [5, 5.41) is 16.2. The number of pyridine rings is 1. The Labute approximate surface area is 249 Å². The summed E-state index contributed by atoms with van der Waals surface area (Å²) >= 11 is 0. The summed E-state index contributed by atoms with van der Waals surface area (Å²) in [6.45, 7) is -1.50. The maximum atomic E-state index is 14.8. The number of alkyl halides is 7. The van der Waals surface area contributed by atoms with Crippen LogP contribution in [0.1, 0.15) is 22.8 Å². The Bertz CT molecular complexity index is 1620. The molecule has 2 amide bonds. The van der Waals surface area contributed by atoms with Crippen molar-refractivity contribution in [3.63, 3.8) is 0 Å². The number of carbonyl (C=O) groups is 2. The highest BCUT2D eigenvalue weighted by Crippen LogP contribution is 2.37. The van der Waals surface area contributed by atoms with Gasteiger partial charge in [0, 0.05) is 37.9 Å². The van der Waals surface area contributed by atoms with Gasteiger partial charge >= 0.3 is 12.4 Å². The largest absolute Gasteiger partial charge is 0.480 e. The fourth-order valence-electron chi connectivity index (χ4n) is 5.28. The van der Waals surface area contributed by atoms with Gasteiger partial charge in [-0.1, -0.05) is 0 Å². The van der Waals surface area contributed by atoms with Crippen molar-refractivity contribution in [3.8, 4) is 17.1 Å². The average Bonchev–Trinajstić information content (AvgIpc) is 3.49. The van der Waals surface area contributed by atoms with Gasteiger partial charge in [0.2, 0.25) is 11.5 Å². The predicted octanol–water partition coefficient (Wildman–Crippen LogP) is 1.97. The Morgan fingerprint density at radius 1 is 1.11 bits per heavy atom. The van der Waals surface area contributed by atoms with Gasteiger partial charge in [0.15, 0.2) is 5.82 Å². The van der Waals surface area contributed by atoms with Crippen LogP contribution in [0.3, 0.4) is 0 Å². The van der Waals surface area contributed by atoms with E-state index in [4.69, 9.17) is 10.5 Å². The molecule has 3 aromatic rings. The van der Waals surface area contributed by atoms with Gasteiger partial charge in [0.25, 0.3) is 11.8 Å². The van der Waals surface area contributed by atoms with Gasteiger partial charge in [-0.15, -0.1) is 0 Å². The summed E-state index contributed by atoms with van der Waals surface area (Å²) < 4.78 is 99.8. The van der Waals surface area contributed by atoms with Crippen LogP contribution in [-0.2, 0) is 11.3 Å². The van der Waals surface area contributed by atoms with E-state index >= 15 is 0 Å². The summed E-state index contributed by atoms with van der Waals surface area (Å²) in [6, 6.07) is 1.51. The lowest BCUT2D eigenvalue weighted by Gasteiger charge is -2.39. The van der Waals surface area contributed by atoms with Gasteiger partial charge in [-0.3, -0.25) is 14.5 Å². The molecule has 2 saturated heterocycles. The molecule has 0 bridgehead atoms. The Morgan fingerprint density at radius 2 is 1.80 bits per heavy atom. The summed E-state index contributed by atoms with van der Waals surface area (Å²) in [6.07, 6.45) is -9.09. The normalized spacial score (nSPS) is 21.1. The summed E-state index contributed by atoms with van der Waals surface area (Å²) in [4.78, 5) is 35.8. The number of hydrogen-bond acceptors (Lipinski definition) is 9. The quantitative estimate of drug-likeness (QED) is 0.327. The molecule has 2 fully saturated rings. The molecule has 2 aliphatic heterocycles. The standard InChI is InChI=1S/C26H27F7N8O4/c1-24(44,26(31,32)33)23(43)40-9-16(27)17(10-40)38-21(42)15-3-12(5-35-22(15)45-2)18-4-13(19-20(34)36-11-37-41(18)19)6-39-7-14(8-39)25(28,29)30/h3-5,11,14,16-17,44H,6-10H2,1-2H3,(H,38,42)(H2,34,36,37)/t16-,17+,24+/m0/s1. The van der Waals surface area contributed by atoms with E-state index in [2.05, 4.69) is 20.4 Å². The highest BCUT2D eigenvalue weighted by molar-refractivity contribution is 5.98. The second-order valence-electron chi connectivity index (χ2n) is 11.1. The lowest BCUT2D eigenvalue weighted by Crippen LogP contribution is -2.56. The number of nitrogen functional groups attached to an aromatic ring is 1. The van der Waals surface area contributed by atoms with Crippen LogP contribution in [0.2, 0.25) is 0 Å². The molecule has 0 saturated carbocycles. The first-order valence-electron chi connectivity index (χ1n) is 13.4. The number of hydrogen-bond donors (Lipinski definition) is 3. The average molecular weight is 649 g/mol. The fraction of sp³-hybridized carbons (Fsp3) is 0.500. The zero-order chi connectivity index (χ0) is 33.1. The van der Waals surface area contributed by atoms with Crippen molar-refractivity contribution in [2.75, 3.05) is 39.0 Å². The number of halogens is 7. The van der Waals surface area contributed by atoms with E-state index in [-0.39, 0.29) is 49.4 Å². The zero-order valence-electron chi connectivity index (χ0n) is 23.7. The Balaban J connectivity index is 1.39. The lowest BCUT2D eigenvalue weighted by atomic mass is 9.99. The maximum Gasteiger partial charge on any atom is 0.426 e. The first kappa shape index (κ1) is 32.1. The zero-order valence-corrected chi connectivity index (χ0v) is 23.7. The molecule has 0 spiro atoms. The van der Waals surface area contributed by atoms with Gasteiger partial charge in [0.05, 0.1) is 31.3 Å². The Kier molecular flexibility index (Phi) is 8.05. The van der Waals surface area contributed by atoms with E-state index in [1.54, 1.807) is 11.0 Å². The number of aliphatic hydroxyl groups is 1. The van der Waals surface area contributed by atoms with Crippen molar-refractivity contribution >= 4 is 23.1 Å². The first-order chi connectivity index (χ1) is 20.9. The monoisotopic (exact) mass is 648 g/mol. The Morgan fingerprint density at radius 3 is 2.42 bits per heavy atom. The second-order valence-corrected chi connectivity index (χ2v) is 11.1. The second kappa shape index (κ2) is 11.3. The van der Waals surface area contributed by atoms with E-state index < -0.39 is 61.0 Å². The third-order valence-corrected chi connectivity index (χ3v) is 7.88. The molecular weight excluding hydrogens is 621 g/mol. The third-order valence-electron chi connectivity index (χ3n) is 7.88. The van der Waals surface area contributed by atoms with Gasteiger partial charge in [-0.2, -0.15) is 31.4 Å². The van der Waals surface area contributed by atoms with E-state index in [1.165, 1.54) is 23.9 Å². The van der Waals surface area contributed by atoms with Crippen molar-refractivity contribution in [3.05, 3.63) is 35.8 Å². The van der Waals surface area contributed by atoms with E-state index in [9.17, 15) is 45.4 Å². The number of aromatic nitrogens is 4. The first-order valence-corrected chi connectivity index (χ1v) is 13.4. The van der Waals surface area contributed by atoms with Gasteiger partial charge in [0.1, 0.15) is 23.6 Å². The molecule has 3 aromatic heterocycles. The van der Waals surface area contributed by atoms with Crippen LogP contribution in [0, 0.1) is 5.92 Å². The molecule has 5 rings (SSSR count). The molecule has 244 valence electrons. The SMILES string of the molecule is COc1ncc(-c2cc(CN3CC(C(F)(F)F)C3)c3c(N)ncnn23)cc1C(=O)N[C@@H]1CN(C(=O)[C@@](C)(O)C(F)(F)F)C[C@@H]1F. The number of ether oxygens (including phenoxy) is 1. The summed E-state index contributed by atoms with van der Waals surface area (Å²) in [7, 11) is 1.21. The minimum absolute atomic E-state index is 0.0532. The molecule has 3 atom stereocenters. The third kappa shape index (κ3) is 5.92. The highest BCUT2D eigenvalue weighted by atomic mass is 19.4. The minimum atomic E-state index is -5.31. The van der Waals surface area contributed by atoms with Gasteiger partial charge in [-0.25, -0.2) is 18.9 Å². The molecule has 0 aliphatic carbocycles. The molecule has 0 aromatic carbocycles. The Hall–Kier alpha value is -4.26. The molecule has 19 heteroatoms. The van der Waals surface area contributed by atoms with Crippen LogP contribution < -0.4 is 15.8 Å². The number of nitrogens with zero attached hydrogens (tertiary/aromatic N) is 6. The number of likely N-dealkylation sites (tertiary alicyclic amines) is 2. The summed E-state index contributed by atoms with van der Waals surface area (Å²) in [5.41, 5.74) is 3.57. The molecule has 0 unspecified atom stereocenters. The number of anilines is 1. The van der Waals surface area contributed by atoms with Crippen molar-refractivity contribution in [2.24, 2.45) is 5.92 Å². The number of amides is 2. The number of fused-ring (bicyclic) bond motifs is 1. The maximum absolute atomic E-state index is 14.8. The van der Waals surface area contributed by atoms with E-state index in [0.717, 1.165) is 6.33 Å². The molecule has 5 heterocycles. The van der Waals surface area contributed by atoms with Crippen LogP contribution in [0.4, 0.5) is 36.6 Å². The molecule has 12 nitrogen and oxygen atoms in total. The molecule has 2 aliphatic rings. The number of rotatable bonds is 7. The van der Waals surface area contributed by atoms with Crippen molar-refractivity contribution in [2.45, 2.75) is 43.6 Å². The fourth-order valence-corrected chi connectivity index (χ4v) is 5.28. The van der Waals surface area contributed by atoms with Crippen LogP contribution in [0.15, 0.2) is 24.7 Å². The number of nitrogens with one attached hydrogen (secondary N) is 1. The van der Waals surface area contributed by atoms with E-state index in [1.807, 2.05) is 0 Å². The van der Waals surface area contributed by atoms with Crippen molar-refractivity contribution < 1.29 is 50.2 Å². The topological polar surface area (TPSA) is 151 Å². The van der Waals surface area contributed by atoms with Crippen LogP contribution in [0.5, 0.6) is 5.88 Å². The number of nitrogens with two attached hydrogens (primary N) is 1. The lowest BCUT2D eigenvalue weighted by molar-refractivity contribution is -0.249. The van der Waals surface area contributed by atoms with E-state index in [0.29, 0.717) is 21.7 Å². The molecular formula is C26H27F7N8O4. The van der Waals surface area contributed by atoms with Crippen LogP contribution >= 0.6 is 0 Å². The van der Waals surface area contributed by atoms with Gasteiger partial charge < -0.3 is 25.8 Å². The van der Waals surface area contributed by atoms with Crippen LogP contribution in [-0.4, -0.2) is 110 Å². The number of methoxy groups -OCH3 is 1. The summed E-state index contributed by atoms with van der Waals surface area (Å²) in [5.74, 6) is -4.28. The van der Waals surface area contributed by atoms with Crippen molar-refractivity contribution in [1.82, 2.24) is 34.7 Å². The van der Waals surface area contributed by atoms with Crippen molar-refractivity contribution in [1.29, 1.82) is 0 Å². The molecule has 0 radical (unpaired) electrons. The smallest absolute Gasteiger partial charge is 0.426 e. The van der Waals surface area contributed by atoms with Crippen LogP contribution in [0.25, 0.3) is 16.8 Å². The molecule has 45 heavy (non-hydrogen) atoms. The number of carbonyl (C=O) groups excluding carboxylic acids is 2.